The topological polar surface area (TPSA) is 204 Å². The van der Waals surface area contributed by atoms with Crippen LogP contribution >= 0.6 is 0 Å². The predicted molar refractivity (Wildman–Crippen MR) is 140 cm³/mol. The summed E-state index contributed by atoms with van der Waals surface area (Å²) in [4.78, 5) is 58.4. The Bertz CT molecular complexity index is 739. The number of hydrogen-bond acceptors (Lipinski definition) is 8. The van der Waals surface area contributed by atoms with Gasteiger partial charge >= 0.3 is 0 Å². The maximum absolute atomic E-state index is 12.0. The van der Waals surface area contributed by atoms with E-state index in [4.69, 9.17) is 5.73 Å². The molecule has 5 amide bonds. The minimum Gasteiger partial charge on any atom is -0.356 e. The molecule has 0 aliphatic carbocycles. The van der Waals surface area contributed by atoms with Crippen molar-refractivity contribution in [3.63, 3.8) is 0 Å². The van der Waals surface area contributed by atoms with Crippen molar-refractivity contribution in [2.75, 3.05) is 39.3 Å². The van der Waals surface area contributed by atoms with Crippen molar-refractivity contribution >= 4 is 29.5 Å². The van der Waals surface area contributed by atoms with Crippen molar-refractivity contribution in [1.82, 2.24) is 31.6 Å². The second-order valence-corrected chi connectivity index (χ2v) is 9.31. The normalized spacial score (nSPS) is 10.6. The molecule has 39 heavy (non-hydrogen) atoms. The van der Waals surface area contributed by atoms with Gasteiger partial charge in [0, 0.05) is 71.9 Å². The van der Waals surface area contributed by atoms with E-state index in [1.807, 2.05) is 0 Å². The summed E-state index contributed by atoms with van der Waals surface area (Å²) in [6.45, 7) is 2.93. The van der Waals surface area contributed by atoms with Crippen LogP contribution in [0.5, 0.6) is 0 Å². The molecule has 0 unspecified atom stereocenters. The summed E-state index contributed by atoms with van der Waals surface area (Å²) in [5.74, 6) is -2.08. The monoisotopic (exact) mass is 559 g/mol. The smallest absolute Gasteiger partial charge is 0.246 e. The first-order valence-corrected chi connectivity index (χ1v) is 13.7. The van der Waals surface area contributed by atoms with Crippen LogP contribution in [0.15, 0.2) is 0 Å². The highest BCUT2D eigenvalue weighted by Crippen LogP contribution is 2.03. The van der Waals surface area contributed by atoms with Crippen LogP contribution in [0.25, 0.3) is 0 Å². The molecule has 0 saturated heterocycles. The fraction of sp³-hybridized carbons (Fsp3) is 0.800. The van der Waals surface area contributed by atoms with Gasteiger partial charge in [0.15, 0.2) is 0 Å². The van der Waals surface area contributed by atoms with Crippen molar-refractivity contribution in [2.45, 2.75) is 90.4 Å². The number of hydrogen-bond donors (Lipinski definition) is 5. The van der Waals surface area contributed by atoms with Crippen LogP contribution in [0.1, 0.15) is 90.4 Å². The molecule has 0 spiro atoms. The highest BCUT2D eigenvalue weighted by molar-refractivity contribution is 5.83. The van der Waals surface area contributed by atoms with Gasteiger partial charge in [-0.2, -0.15) is 0 Å². The first-order valence-electron chi connectivity index (χ1n) is 13.7. The number of amides is 5. The zero-order valence-corrected chi connectivity index (χ0v) is 23.2. The number of unbranched alkanes of at least 4 members (excludes halogenated alkanes) is 6. The summed E-state index contributed by atoms with van der Waals surface area (Å²) >= 11 is 0. The molecular weight excluding hydrogens is 512 g/mol. The van der Waals surface area contributed by atoms with E-state index >= 15 is 0 Å². The summed E-state index contributed by atoms with van der Waals surface area (Å²) in [7, 11) is 0. The van der Waals surface area contributed by atoms with Gasteiger partial charge in [-0.05, 0) is 51.4 Å². The van der Waals surface area contributed by atoms with Crippen molar-refractivity contribution < 1.29 is 39.6 Å². The van der Waals surface area contributed by atoms with Crippen LogP contribution in [0.4, 0.5) is 0 Å². The van der Waals surface area contributed by atoms with Crippen molar-refractivity contribution in [2.24, 2.45) is 0 Å². The summed E-state index contributed by atoms with van der Waals surface area (Å²) in [6, 6.07) is 0. The van der Waals surface area contributed by atoms with E-state index in [-0.39, 0.29) is 57.1 Å². The maximum Gasteiger partial charge on any atom is 0.246 e. The third kappa shape index (κ3) is 20.8. The Balaban J connectivity index is 3.75. The molecule has 0 aromatic rings. The third-order valence-electron chi connectivity index (χ3n) is 5.86. The van der Waals surface area contributed by atoms with Crippen LogP contribution in [-0.4, -0.2) is 99.6 Å². The zero-order valence-electron chi connectivity index (χ0n) is 23.2. The largest absolute Gasteiger partial charge is 0.356 e. The Hall–Kier alpha value is -2.81. The summed E-state index contributed by atoms with van der Waals surface area (Å²) in [6.07, 6.45) is 5.58. The van der Waals surface area contributed by atoms with Gasteiger partial charge in [-0.3, -0.25) is 45.3 Å². The van der Waals surface area contributed by atoms with Crippen molar-refractivity contribution in [3.05, 3.63) is 0 Å². The molecule has 0 heterocycles. The first-order chi connectivity index (χ1) is 18.6. The van der Waals surface area contributed by atoms with Crippen molar-refractivity contribution in [3.8, 4) is 0 Å². The number of nitrogens with zero attached hydrogens (tertiary/aromatic N) is 3. The van der Waals surface area contributed by atoms with E-state index in [1.165, 1.54) is 6.92 Å². The molecule has 225 valence electrons. The molecular formula is C25H47N6O8. The average Bonchev–Trinajstić information content (AvgIpc) is 2.91. The van der Waals surface area contributed by atoms with Crippen LogP contribution < -0.4 is 16.4 Å². The lowest BCUT2D eigenvalue weighted by atomic mass is 10.2. The maximum atomic E-state index is 12.0. The molecule has 0 aliphatic heterocycles. The van der Waals surface area contributed by atoms with E-state index in [2.05, 4.69) is 10.6 Å². The average molecular weight is 560 g/mol. The van der Waals surface area contributed by atoms with E-state index < -0.39 is 17.7 Å². The van der Waals surface area contributed by atoms with Gasteiger partial charge in [0.2, 0.25) is 29.5 Å². The Kier molecular flexibility index (Phi) is 21.4. The number of nitrogens with one attached hydrogen (secondary N) is 3. The van der Waals surface area contributed by atoms with Gasteiger partial charge in [-0.25, -0.2) is 15.2 Å². The minimum absolute atomic E-state index is 0.0291. The Labute approximate surface area is 230 Å². The fourth-order valence-electron chi connectivity index (χ4n) is 3.43. The lowest BCUT2D eigenvalue weighted by Crippen LogP contribution is -2.31. The minimum atomic E-state index is -0.551. The van der Waals surface area contributed by atoms with Crippen LogP contribution in [0.2, 0.25) is 0 Å². The van der Waals surface area contributed by atoms with E-state index in [0.717, 1.165) is 12.8 Å². The zero-order chi connectivity index (χ0) is 29.5. The van der Waals surface area contributed by atoms with Crippen LogP contribution in [-0.2, 0) is 24.0 Å². The molecule has 0 aromatic carbocycles. The molecule has 6 N–H and O–H groups in total. The van der Waals surface area contributed by atoms with E-state index in [9.17, 15) is 39.6 Å². The Morgan fingerprint density at radius 1 is 0.564 bits per heavy atom. The van der Waals surface area contributed by atoms with Gasteiger partial charge in [-0.15, -0.1) is 0 Å². The van der Waals surface area contributed by atoms with Crippen molar-refractivity contribution in [1.29, 1.82) is 0 Å². The Morgan fingerprint density at radius 3 is 1.33 bits per heavy atom. The molecule has 0 rings (SSSR count). The molecule has 0 fully saturated rings. The standard InChI is InChI=1S/C25H47N6O8/c1-21(32)29(37)18-9-3-6-16-27-22(33)12-14-25(36)31(39)20-10-4-7-17-28-23(34)11-13-24(35)30(38)19-8-2-5-15-26/h26,37-39H,2-20H2,1H3,(H,27,33)(H,28,34). The first kappa shape index (κ1) is 36.2. The van der Waals surface area contributed by atoms with Gasteiger partial charge in [-0.1, -0.05) is 6.42 Å². The second kappa shape index (κ2) is 23.1. The number of carbonyl (C=O) groups is 5. The fourth-order valence-corrected chi connectivity index (χ4v) is 3.43. The highest BCUT2D eigenvalue weighted by atomic mass is 16.5. The molecule has 0 aromatic heterocycles. The van der Waals surface area contributed by atoms with Gasteiger partial charge in [0.1, 0.15) is 0 Å². The highest BCUT2D eigenvalue weighted by Gasteiger charge is 2.14. The molecule has 1 radical (unpaired) electrons. The third-order valence-corrected chi connectivity index (χ3v) is 5.86. The summed E-state index contributed by atoms with van der Waals surface area (Å²) in [5.41, 5.74) is 7.05. The molecule has 0 bridgehead atoms. The molecule has 0 saturated carbocycles. The van der Waals surface area contributed by atoms with Gasteiger partial charge in [0.05, 0.1) is 0 Å². The molecule has 0 atom stereocenters. The second-order valence-electron chi connectivity index (χ2n) is 9.31. The molecule has 14 nitrogen and oxygen atoms in total. The SMILES string of the molecule is CC(=O)N(O)CCCCCNC(=O)CCC(=O)N(O)CCCCCNC(=O)CCC(=O)N(O)CCCCC[NH]. The number of hydroxylamine groups is 6. The van der Waals surface area contributed by atoms with Crippen LogP contribution in [0.3, 0.4) is 0 Å². The summed E-state index contributed by atoms with van der Waals surface area (Å²) in [5, 5.41) is 36.0. The quantitative estimate of drug-likeness (QED) is 0.0698. The lowest BCUT2D eigenvalue weighted by Gasteiger charge is -2.15. The molecule has 14 heteroatoms. The predicted octanol–water partition coefficient (Wildman–Crippen LogP) is 1.25. The van der Waals surface area contributed by atoms with Gasteiger partial charge < -0.3 is 10.6 Å². The Morgan fingerprint density at radius 2 is 0.949 bits per heavy atom. The number of rotatable bonds is 23. The van der Waals surface area contributed by atoms with Gasteiger partial charge in [0.25, 0.3) is 0 Å². The van der Waals surface area contributed by atoms with E-state index in [0.29, 0.717) is 79.8 Å². The lowest BCUT2D eigenvalue weighted by molar-refractivity contribution is -0.166. The number of carbonyl (C=O) groups excluding carboxylic acids is 5. The van der Waals surface area contributed by atoms with E-state index in [1.54, 1.807) is 0 Å². The summed E-state index contributed by atoms with van der Waals surface area (Å²) < 4.78 is 0. The van der Waals surface area contributed by atoms with Crippen LogP contribution in [0, 0.1) is 0 Å². The molecule has 0 aliphatic rings.